The Morgan fingerprint density at radius 3 is 2.44 bits per heavy atom. The molecular formula is C18H32ClIN4O. The van der Waals surface area contributed by atoms with Crippen molar-refractivity contribution in [3.8, 4) is 0 Å². The molecule has 1 atom stereocenters. The van der Waals surface area contributed by atoms with Crippen LogP contribution in [0.5, 0.6) is 0 Å². The molecule has 0 amide bonds. The molecule has 0 bridgehead atoms. The van der Waals surface area contributed by atoms with E-state index in [2.05, 4.69) is 48.7 Å². The van der Waals surface area contributed by atoms with Crippen LogP contribution < -0.4 is 10.6 Å². The van der Waals surface area contributed by atoms with Crippen molar-refractivity contribution >= 4 is 41.5 Å². The van der Waals surface area contributed by atoms with Crippen LogP contribution in [0, 0.1) is 0 Å². The standard InChI is InChI=1S/C18H31ClN4O.HI/c1-5-20-18(21-12-7-13-24-6-2)22-14-17(23(3)4)15-8-10-16(19)11-9-15;/h8-11,17H,5-7,12-14H2,1-4H3,(H2,20,21,22);1H. The van der Waals surface area contributed by atoms with Gasteiger partial charge in [-0.2, -0.15) is 0 Å². The summed E-state index contributed by atoms with van der Waals surface area (Å²) in [5.74, 6) is 0.842. The van der Waals surface area contributed by atoms with Crippen molar-refractivity contribution < 1.29 is 4.74 Å². The third-order valence-electron chi connectivity index (χ3n) is 3.61. The molecule has 0 spiro atoms. The Labute approximate surface area is 174 Å². The fraction of sp³-hybridized carbons (Fsp3) is 0.611. The number of likely N-dealkylation sites (N-methyl/N-ethyl adjacent to an activating group) is 1. The van der Waals surface area contributed by atoms with Crippen LogP contribution in [0.25, 0.3) is 0 Å². The molecule has 0 aromatic heterocycles. The van der Waals surface area contributed by atoms with Crippen LogP contribution in [0.3, 0.4) is 0 Å². The number of hydrogen-bond acceptors (Lipinski definition) is 3. The average molecular weight is 483 g/mol. The number of halogens is 2. The summed E-state index contributed by atoms with van der Waals surface area (Å²) in [6, 6.07) is 8.18. The van der Waals surface area contributed by atoms with Gasteiger partial charge in [0.2, 0.25) is 0 Å². The minimum atomic E-state index is 0. The summed E-state index contributed by atoms with van der Waals surface area (Å²) in [7, 11) is 4.13. The van der Waals surface area contributed by atoms with E-state index in [4.69, 9.17) is 21.3 Å². The fourth-order valence-corrected chi connectivity index (χ4v) is 2.42. The number of nitrogens with one attached hydrogen (secondary N) is 2. The first-order valence-corrected chi connectivity index (χ1v) is 8.98. The highest BCUT2D eigenvalue weighted by molar-refractivity contribution is 14.0. The maximum absolute atomic E-state index is 5.99. The van der Waals surface area contributed by atoms with Gasteiger partial charge in [-0.15, -0.1) is 24.0 Å². The van der Waals surface area contributed by atoms with Crippen molar-refractivity contribution in [1.82, 2.24) is 15.5 Å². The summed E-state index contributed by atoms with van der Waals surface area (Å²) in [6.45, 7) is 7.98. The van der Waals surface area contributed by atoms with Crippen molar-refractivity contribution in [2.75, 3.05) is 46.9 Å². The summed E-state index contributed by atoms with van der Waals surface area (Å²) >= 11 is 5.99. The van der Waals surface area contributed by atoms with Gasteiger partial charge in [0.25, 0.3) is 0 Å². The molecule has 144 valence electrons. The quantitative estimate of drug-likeness (QED) is 0.232. The molecule has 1 aromatic rings. The Hall–Kier alpha value is -0.570. The number of ether oxygens (including phenoxy) is 1. The van der Waals surface area contributed by atoms with E-state index in [1.807, 2.05) is 19.1 Å². The van der Waals surface area contributed by atoms with E-state index >= 15 is 0 Å². The number of nitrogens with zero attached hydrogens (tertiary/aromatic N) is 2. The van der Waals surface area contributed by atoms with Crippen LogP contribution in [-0.4, -0.2) is 57.8 Å². The van der Waals surface area contributed by atoms with E-state index in [-0.39, 0.29) is 30.0 Å². The molecular weight excluding hydrogens is 451 g/mol. The molecule has 0 radical (unpaired) electrons. The lowest BCUT2D eigenvalue weighted by Crippen LogP contribution is -2.38. The Bertz CT molecular complexity index is 482. The Kier molecular flexibility index (Phi) is 14.3. The van der Waals surface area contributed by atoms with Gasteiger partial charge < -0.3 is 20.3 Å². The van der Waals surface area contributed by atoms with E-state index in [1.54, 1.807) is 0 Å². The fourth-order valence-electron chi connectivity index (χ4n) is 2.30. The molecule has 0 saturated heterocycles. The van der Waals surface area contributed by atoms with Gasteiger partial charge in [0.15, 0.2) is 5.96 Å². The average Bonchev–Trinajstić information content (AvgIpc) is 2.56. The van der Waals surface area contributed by atoms with Crippen molar-refractivity contribution in [2.24, 2.45) is 4.99 Å². The number of rotatable bonds is 10. The normalized spacial score (nSPS) is 12.6. The first-order valence-electron chi connectivity index (χ1n) is 8.60. The number of hydrogen-bond donors (Lipinski definition) is 2. The van der Waals surface area contributed by atoms with Crippen LogP contribution in [-0.2, 0) is 4.74 Å². The molecule has 0 aliphatic heterocycles. The minimum absolute atomic E-state index is 0. The van der Waals surface area contributed by atoms with Crippen LogP contribution in [0.1, 0.15) is 31.9 Å². The molecule has 1 unspecified atom stereocenters. The summed E-state index contributed by atoms with van der Waals surface area (Å²) in [5, 5.41) is 7.39. The maximum atomic E-state index is 5.99. The first kappa shape index (κ1) is 24.4. The number of guanidine groups is 1. The molecule has 0 heterocycles. The van der Waals surface area contributed by atoms with Gasteiger partial charge in [-0.05, 0) is 52.1 Å². The zero-order chi connectivity index (χ0) is 17.8. The van der Waals surface area contributed by atoms with E-state index in [1.165, 1.54) is 5.56 Å². The zero-order valence-corrected chi connectivity index (χ0v) is 18.8. The third kappa shape index (κ3) is 10.2. The number of aliphatic imine (C=N–C) groups is 1. The van der Waals surface area contributed by atoms with E-state index < -0.39 is 0 Å². The second-order valence-electron chi connectivity index (χ2n) is 5.73. The van der Waals surface area contributed by atoms with Gasteiger partial charge >= 0.3 is 0 Å². The third-order valence-corrected chi connectivity index (χ3v) is 3.86. The SMILES string of the molecule is CCNC(=NCC(c1ccc(Cl)cc1)N(C)C)NCCCOCC.I. The molecule has 0 fully saturated rings. The van der Waals surface area contributed by atoms with Crippen molar-refractivity contribution in [3.05, 3.63) is 34.9 Å². The Morgan fingerprint density at radius 2 is 1.88 bits per heavy atom. The van der Waals surface area contributed by atoms with E-state index in [9.17, 15) is 0 Å². The lowest BCUT2D eigenvalue weighted by Gasteiger charge is -2.24. The topological polar surface area (TPSA) is 48.9 Å². The van der Waals surface area contributed by atoms with Crippen molar-refractivity contribution in [1.29, 1.82) is 0 Å². The monoisotopic (exact) mass is 482 g/mol. The Morgan fingerprint density at radius 1 is 1.20 bits per heavy atom. The predicted octanol–water partition coefficient (Wildman–Crippen LogP) is 3.54. The second-order valence-corrected chi connectivity index (χ2v) is 6.16. The second kappa shape index (κ2) is 14.6. The summed E-state index contributed by atoms with van der Waals surface area (Å²) < 4.78 is 5.35. The van der Waals surface area contributed by atoms with Crippen LogP contribution in [0.15, 0.2) is 29.3 Å². The summed E-state index contributed by atoms with van der Waals surface area (Å²) in [4.78, 5) is 6.90. The molecule has 7 heteroatoms. The van der Waals surface area contributed by atoms with Gasteiger partial charge in [0, 0.05) is 31.3 Å². The highest BCUT2D eigenvalue weighted by atomic mass is 127. The van der Waals surface area contributed by atoms with Gasteiger partial charge in [-0.25, -0.2) is 0 Å². The van der Waals surface area contributed by atoms with Gasteiger partial charge in [-0.3, -0.25) is 4.99 Å². The first-order chi connectivity index (χ1) is 11.6. The van der Waals surface area contributed by atoms with Gasteiger partial charge in [0.05, 0.1) is 12.6 Å². The highest BCUT2D eigenvalue weighted by Gasteiger charge is 2.14. The van der Waals surface area contributed by atoms with E-state index in [0.717, 1.165) is 43.7 Å². The van der Waals surface area contributed by atoms with Crippen molar-refractivity contribution in [3.63, 3.8) is 0 Å². The van der Waals surface area contributed by atoms with Crippen LogP contribution in [0.4, 0.5) is 0 Å². The maximum Gasteiger partial charge on any atom is 0.191 e. The van der Waals surface area contributed by atoms with E-state index in [0.29, 0.717) is 6.54 Å². The summed E-state index contributed by atoms with van der Waals surface area (Å²) in [6.07, 6.45) is 0.965. The number of benzene rings is 1. The van der Waals surface area contributed by atoms with Crippen molar-refractivity contribution in [2.45, 2.75) is 26.3 Å². The molecule has 0 saturated carbocycles. The molecule has 1 rings (SSSR count). The molecule has 25 heavy (non-hydrogen) atoms. The lowest BCUT2D eigenvalue weighted by atomic mass is 10.1. The largest absolute Gasteiger partial charge is 0.382 e. The molecule has 5 nitrogen and oxygen atoms in total. The minimum Gasteiger partial charge on any atom is -0.382 e. The lowest BCUT2D eigenvalue weighted by molar-refractivity contribution is 0.145. The smallest absolute Gasteiger partial charge is 0.191 e. The molecule has 1 aromatic carbocycles. The van der Waals surface area contributed by atoms with Crippen LogP contribution >= 0.6 is 35.6 Å². The summed E-state index contributed by atoms with van der Waals surface area (Å²) in [5.41, 5.74) is 1.21. The van der Waals surface area contributed by atoms with Gasteiger partial charge in [-0.1, -0.05) is 23.7 Å². The Balaban J connectivity index is 0.00000576. The van der Waals surface area contributed by atoms with Gasteiger partial charge in [0.1, 0.15) is 0 Å². The highest BCUT2D eigenvalue weighted by Crippen LogP contribution is 2.20. The van der Waals surface area contributed by atoms with Crippen LogP contribution in [0.2, 0.25) is 5.02 Å². The molecule has 2 N–H and O–H groups in total. The molecule has 0 aliphatic rings. The predicted molar refractivity (Wildman–Crippen MR) is 118 cm³/mol. The molecule has 0 aliphatic carbocycles. The zero-order valence-electron chi connectivity index (χ0n) is 15.7.